The first-order valence-corrected chi connectivity index (χ1v) is 6.96. The van der Waals surface area contributed by atoms with Gasteiger partial charge in [0.1, 0.15) is 0 Å². The number of hydrogen-bond donors (Lipinski definition) is 1. The molecule has 0 aromatic heterocycles. The monoisotopic (exact) mass is 282 g/mol. The van der Waals surface area contributed by atoms with Crippen molar-refractivity contribution in [1.29, 1.82) is 5.26 Å². The Hall–Kier alpha value is -2.25. The Morgan fingerprint density at radius 2 is 1.80 bits per heavy atom. The number of benzene rings is 2. The Labute approximate surface area is 122 Å². The smallest absolute Gasteiger partial charge is 0.221 e. The van der Waals surface area contributed by atoms with E-state index in [1.807, 2.05) is 49.4 Å². The summed E-state index contributed by atoms with van der Waals surface area (Å²) in [5.41, 5.74) is 2.47. The first-order valence-electron chi connectivity index (χ1n) is 6.15. The summed E-state index contributed by atoms with van der Waals surface area (Å²) in [6.07, 6.45) is 0. The number of carbonyl (C=O) groups excluding carboxylic acids is 1. The standard InChI is InChI=1S/C16H14N2OS/c1-11-9-16(6-3-13(11)10-17)20-15-7-4-14(5-8-15)18-12(2)19/h3-9H,1-2H3,(H,18,19). The first-order chi connectivity index (χ1) is 9.58. The molecule has 1 N–H and O–H groups in total. The van der Waals surface area contributed by atoms with Crippen LogP contribution in [0.4, 0.5) is 5.69 Å². The minimum Gasteiger partial charge on any atom is -0.326 e. The normalized spacial score (nSPS) is 9.85. The fourth-order valence-electron chi connectivity index (χ4n) is 1.77. The maximum atomic E-state index is 10.9. The van der Waals surface area contributed by atoms with Crippen molar-refractivity contribution in [3.8, 4) is 6.07 Å². The summed E-state index contributed by atoms with van der Waals surface area (Å²) < 4.78 is 0. The van der Waals surface area contributed by atoms with Crippen LogP contribution in [0.1, 0.15) is 18.1 Å². The maximum absolute atomic E-state index is 10.9. The summed E-state index contributed by atoms with van der Waals surface area (Å²) in [6.45, 7) is 3.42. The number of hydrogen-bond acceptors (Lipinski definition) is 3. The second-order valence-corrected chi connectivity index (χ2v) is 5.54. The second kappa shape index (κ2) is 6.27. The van der Waals surface area contributed by atoms with Gasteiger partial charge in [0.25, 0.3) is 0 Å². The van der Waals surface area contributed by atoms with Crippen LogP contribution < -0.4 is 5.32 Å². The summed E-state index contributed by atoms with van der Waals surface area (Å²) in [7, 11) is 0. The number of nitrogens with one attached hydrogen (secondary N) is 1. The maximum Gasteiger partial charge on any atom is 0.221 e. The molecule has 0 heterocycles. The van der Waals surface area contributed by atoms with Crippen LogP contribution in [-0.2, 0) is 4.79 Å². The minimum absolute atomic E-state index is 0.0758. The molecule has 2 aromatic carbocycles. The Morgan fingerprint density at radius 1 is 1.15 bits per heavy atom. The number of nitrogens with zero attached hydrogens (tertiary/aromatic N) is 1. The lowest BCUT2D eigenvalue weighted by atomic mass is 10.1. The van der Waals surface area contributed by atoms with Gasteiger partial charge in [-0.2, -0.15) is 5.26 Å². The molecule has 4 heteroatoms. The van der Waals surface area contributed by atoms with E-state index in [4.69, 9.17) is 5.26 Å². The lowest BCUT2D eigenvalue weighted by Gasteiger charge is -2.06. The number of nitriles is 1. The van der Waals surface area contributed by atoms with E-state index in [1.165, 1.54) is 6.92 Å². The molecule has 0 saturated carbocycles. The van der Waals surface area contributed by atoms with Gasteiger partial charge in [0.2, 0.25) is 5.91 Å². The molecule has 0 radical (unpaired) electrons. The van der Waals surface area contributed by atoms with E-state index in [9.17, 15) is 4.79 Å². The number of rotatable bonds is 3. The highest BCUT2D eigenvalue weighted by Gasteiger charge is 2.02. The SMILES string of the molecule is CC(=O)Nc1ccc(Sc2ccc(C#N)c(C)c2)cc1. The molecule has 1 amide bonds. The molecular weight excluding hydrogens is 268 g/mol. The van der Waals surface area contributed by atoms with Crippen LogP contribution in [0.2, 0.25) is 0 Å². The van der Waals surface area contributed by atoms with Gasteiger partial charge in [0, 0.05) is 22.4 Å². The van der Waals surface area contributed by atoms with Crippen molar-refractivity contribution in [2.75, 3.05) is 5.32 Å². The molecular formula is C16H14N2OS. The van der Waals surface area contributed by atoms with Crippen molar-refractivity contribution in [3.05, 3.63) is 53.6 Å². The zero-order valence-electron chi connectivity index (χ0n) is 11.3. The van der Waals surface area contributed by atoms with E-state index in [0.29, 0.717) is 5.56 Å². The predicted octanol–water partition coefficient (Wildman–Crippen LogP) is 3.98. The van der Waals surface area contributed by atoms with E-state index in [1.54, 1.807) is 11.8 Å². The third kappa shape index (κ3) is 3.62. The van der Waals surface area contributed by atoms with Crippen molar-refractivity contribution >= 4 is 23.4 Å². The molecule has 20 heavy (non-hydrogen) atoms. The zero-order valence-corrected chi connectivity index (χ0v) is 12.1. The summed E-state index contributed by atoms with van der Waals surface area (Å²) in [4.78, 5) is 13.1. The molecule has 0 bridgehead atoms. The van der Waals surface area contributed by atoms with Crippen molar-refractivity contribution in [2.24, 2.45) is 0 Å². The van der Waals surface area contributed by atoms with E-state index < -0.39 is 0 Å². The Kier molecular flexibility index (Phi) is 4.44. The molecule has 2 aromatic rings. The van der Waals surface area contributed by atoms with Crippen molar-refractivity contribution < 1.29 is 4.79 Å². The van der Waals surface area contributed by atoms with Crippen LogP contribution in [-0.4, -0.2) is 5.91 Å². The Bertz CT molecular complexity index is 672. The largest absolute Gasteiger partial charge is 0.326 e. The van der Waals surface area contributed by atoms with Gasteiger partial charge in [-0.05, 0) is 55.0 Å². The van der Waals surface area contributed by atoms with Gasteiger partial charge in [-0.25, -0.2) is 0 Å². The fourth-order valence-corrected chi connectivity index (χ4v) is 2.69. The third-order valence-electron chi connectivity index (χ3n) is 2.73. The molecule has 0 saturated heterocycles. The second-order valence-electron chi connectivity index (χ2n) is 4.40. The number of amides is 1. The topological polar surface area (TPSA) is 52.9 Å². The molecule has 2 rings (SSSR count). The van der Waals surface area contributed by atoms with Crippen LogP contribution in [0.3, 0.4) is 0 Å². The molecule has 3 nitrogen and oxygen atoms in total. The van der Waals surface area contributed by atoms with E-state index >= 15 is 0 Å². The molecule has 0 unspecified atom stereocenters. The molecule has 0 aliphatic heterocycles. The highest BCUT2D eigenvalue weighted by molar-refractivity contribution is 7.99. The highest BCUT2D eigenvalue weighted by Crippen LogP contribution is 2.29. The fraction of sp³-hybridized carbons (Fsp3) is 0.125. The lowest BCUT2D eigenvalue weighted by molar-refractivity contribution is -0.114. The molecule has 0 atom stereocenters. The van der Waals surface area contributed by atoms with Gasteiger partial charge in [-0.3, -0.25) is 4.79 Å². The minimum atomic E-state index is -0.0758. The average molecular weight is 282 g/mol. The number of carbonyl (C=O) groups is 1. The van der Waals surface area contributed by atoms with Crippen LogP contribution in [0.15, 0.2) is 52.3 Å². The summed E-state index contributed by atoms with van der Waals surface area (Å²) in [5, 5.41) is 11.6. The zero-order chi connectivity index (χ0) is 14.5. The van der Waals surface area contributed by atoms with E-state index in [2.05, 4.69) is 11.4 Å². The lowest BCUT2D eigenvalue weighted by Crippen LogP contribution is -2.05. The van der Waals surface area contributed by atoms with Gasteiger partial charge in [-0.15, -0.1) is 0 Å². The molecule has 0 aliphatic carbocycles. The molecule has 0 spiro atoms. The average Bonchev–Trinajstić information content (AvgIpc) is 2.41. The van der Waals surface area contributed by atoms with Crippen molar-refractivity contribution in [3.63, 3.8) is 0 Å². The van der Waals surface area contributed by atoms with E-state index in [-0.39, 0.29) is 5.91 Å². The van der Waals surface area contributed by atoms with Gasteiger partial charge in [0.05, 0.1) is 11.6 Å². The van der Waals surface area contributed by atoms with Crippen LogP contribution >= 0.6 is 11.8 Å². The third-order valence-corrected chi connectivity index (χ3v) is 3.73. The molecule has 0 fully saturated rings. The highest BCUT2D eigenvalue weighted by atomic mass is 32.2. The predicted molar refractivity (Wildman–Crippen MR) is 80.8 cm³/mol. The van der Waals surface area contributed by atoms with Crippen LogP contribution in [0.25, 0.3) is 0 Å². The first kappa shape index (κ1) is 14.2. The Balaban J connectivity index is 2.12. The van der Waals surface area contributed by atoms with Crippen molar-refractivity contribution in [2.45, 2.75) is 23.6 Å². The number of anilines is 1. The van der Waals surface area contributed by atoms with Crippen molar-refractivity contribution in [1.82, 2.24) is 0 Å². The Morgan fingerprint density at radius 3 is 2.35 bits per heavy atom. The summed E-state index contributed by atoms with van der Waals surface area (Å²) in [5.74, 6) is -0.0758. The summed E-state index contributed by atoms with van der Waals surface area (Å²) in [6, 6.07) is 15.6. The number of aryl methyl sites for hydroxylation is 1. The quantitative estimate of drug-likeness (QED) is 0.926. The van der Waals surface area contributed by atoms with Crippen LogP contribution in [0.5, 0.6) is 0 Å². The van der Waals surface area contributed by atoms with Gasteiger partial charge in [0.15, 0.2) is 0 Å². The van der Waals surface area contributed by atoms with Crippen LogP contribution in [0, 0.1) is 18.3 Å². The molecule has 100 valence electrons. The summed E-state index contributed by atoms with van der Waals surface area (Å²) >= 11 is 1.63. The van der Waals surface area contributed by atoms with Gasteiger partial charge < -0.3 is 5.32 Å². The van der Waals surface area contributed by atoms with Gasteiger partial charge in [-0.1, -0.05) is 11.8 Å². The van der Waals surface area contributed by atoms with E-state index in [0.717, 1.165) is 21.0 Å². The molecule has 0 aliphatic rings. The van der Waals surface area contributed by atoms with Gasteiger partial charge >= 0.3 is 0 Å².